The average molecular weight is 443 g/mol. The summed E-state index contributed by atoms with van der Waals surface area (Å²) in [5.74, 6) is 0.327. The molecule has 31 heavy (non-hydrogen) atoms. The Morgan fingerprint density at radius 3 is 2.35 bits per heavy atom. The number of methoxy groups -OCH3 is 1. The van der Waals surface area contributed by atoms with Crippen molar-refractivity contribution < 1.29 is 22.7 Å². The van der Waals surface area contributed by atoms with E-state index in [0.717, 1.165) is 6.07 Å². The maximum Gasteiger partial charge on any atom is 0.435 e. The van der Waals surface area contributed by atoms with Gasteiger partial charge >= 0.3 is 6.18 Å². The summed E-state index contributed by atoms with van der Waals surface area (Å²) in [6.45, 7) is 0. The number of thiophene rings is 1. The van der Waals surface area contributed by atoms with Gasteiger partial charge in [-0.3, -0.25) is 4.79 Å². The normalized spacial score (nSPS) is 11.4. The Kier molecular flexibility index (Phi) is 5.51. The van der Waals surface area contributed by atoms with Crippen LogP contribution in [0.25, 0.3) is 16.3 Å². The highest BCUT2D eigenvalue weighted by molar-refractivity contribution is 7.13. The largest absolute Gasteiger partial charge is 0.497 e. The second kappa shape index (κ2) is 8.27. The van der Waals surface area contributed by atoms with Crippen molar-refractivity contribution in [3.05, 3.63) is 83.4 Å². The van der Waals surface area contributed by atoms with Crippen molar-refractivity contribution in [3.63, 3.8) is 0 Å². The molecule has 1 N–H and O–H groups in total. The van der Waals surface area contributed by atoms with Crippen molar-refractivity contribution in [1.29, 1.82) is 0 Å². The number of nitrogens with zero attached hydrogens (tertiary/aromatic N) is 2. The SMILES string of the molecule is COc1ccc(NC(=O)c2ccc(-n3nc(C(F)(F)F)cc3-c3cccs3)cc2)cc1. The summed E-state index contributed by atoms with van der Waals surface area (Å²) in [5, 5.41) is 8.30. The van der Waals surface area contributed by atoms with Crippen LogP contribution in [-0.4, -0.2) is 22.8 Å². The van der Waals surface area contributed by atoms with Crippen LogP contribution in [0, 0.1) is 0 Å². The summed E-state index contributed by atoms with van der Waals surface area (Å²) < 4.78 is 46.0. The van der Waals surface area contributed by atoms with Crippen LogP contribution in [0.4, 0.5) is 18.9 Å². The number of hydrogen-bond acceptors (Lipinski definition) is 4. The van der Waals surface area contributed by atoms with E-state index in [0.29, 0.717) is 33.3 Å². The molecule has 0 atom stereocenters. The molecule has 0 aliphatic heterocycles. The standard InChI is InChI=1S/C22H16F3N3O2S/c1-30-17-10-6-15(7-11-17)26-21(29)14-4-8-16(9-5-14)28-18(19-3-2-12-31-19)13-20(27-28)22(23,24)25/h2-13H,1H3,(H,26,29). The van der Waals surface area contributed by atoms with Gasteiger partial charge in [0.25, 0.3) is 5.91 Å². The fourth-order valence-corrected chi connectivity index (χ4v) is 3.67. The molecule has 2 aromatic carbocycles. The molecule has 2 heterocycles. The molecule has 4 aromatic rings. The van der Waals surface area contributed by atoms with Crippen LogP contribution in [0.3, 0.4) is 0 Å². The smallest absolute Gasteiger partial charge is 0.435 e. The lowest BCUT2D eigenvalue weighted by Gasteiger charge is -2.09. The van der Waals surface area contributed by atoms with Gasteiger partial charge in [0.15, 0.2) is 5.69 Å². The summed E-state index contributed by atoms with van der Waals surface area (Å²) in [4.78, 5) is 13.2. The van der Waals surface area contributed by atoms with Crippen LogP contribution in [0.15, 0.2) is 72.1 Å². The number of hydrogen-bond donors (Lipinski definition) is 1. The third-order valence-corrected chi connectivity index (χ3v) is 5.39. The molecular weight excluding hydrogens is 427 g/mol. The highest BCUT2D eigenvalue weighted by atomic mass is 32.1. The molecule has 158 valence electrons. The van der Waals surface area contributed by atoms with Gasteiger partial charge in [0.05, 0.1) is 23.4 Å². The molecule has 1 amide bonds. The fraction of sp³-hybridized carbons (Fsp3) is 0.0909. The Hall–Kier alpha value is -3.59. The van der Waals surface area contributed by atoms with Crippen molar-refractivity contribution in [2.75, 3.05) is 12.4 Å². The molecule has 0 spiro atoms. The Morgan fingerprint density at radius 2 is 1.77 bits per heavy atom. The number of amides is 1. The maximum absolute atomic E-state index is 13.2. The summed E-state index contributed by atoms with van der Waals surface area (Å²) >= 11 is 1.32. The molecule has 9 heteroatoms. The van der Waals surface area contributed by atoms with E-state index in [1.54, 1.807) is 73.2 Å². The molecule has 0 saturated carbocycles. The van der Waals surface area contributed by atoms with E-state index >= 15 is 0 Å². The molecule has 0 radical (unpaired) electrons. The summed E-state index contributed by atoms with van der Waals surface area (Å²) in [6.07, 6.45) is -4.56. The van der Waals surface area contributed by atoms with E-state index < -0.39 is 11.9 Å². The first-order chi connectivity index (χ1) is 14.8. The van der Waals surface area contributed by atoms with Gasteiger partial charge in [-0.05, 0) is 66.0 Å². The van der Waals surface area contributed by atoms with Crippen molar-refractivity contribution >= 4 is 22.9 Å². The third-order valence-electron chi connectivity index (χ3n) is 4.50. The van der Waals surface area contributed by atoms with Crippen molar-refractivity contribution in [3.8, 4) is 22.0 Å². The van der Waals surface area contributed by atoms with Crippen LogP contribution in [-0.2, 0) is 6.18 Å². The lowest BCUT2D eigenvalue weighted by Crippen LogP contribution is -2.12. The zero-order valence-electron chi connectivity index (χ0n) is 16.2. The quantitative estimate of drug-likeness (QED) is 0.419. The molecule has 0 aliphatic rings. The number of carbonyl (C=O) groups excluding carboxylic acids is 1. The van der Waals surface area contributed by atoms with Crippen molar-refractivity contribution in [1.82, 2.24) is 9.78 Å². The number of alkyl halides is 3. The van der Waals surface area contributed by atoms with E-state index in [-0.39, 0.29) is 5.91 Å². The molecule has 0 aliphatic carbocycles. The lowest BCUT2D eigenvalue weighted by atomic mass is 10.2. The number of carbonyl (C=O) groups is 1. The predicted octanol–water partition coefficient (Wildman–Crippen LogP) is 5.88. The summed E-state index contributed by atoms with van der Waals surface area (Å²) in [7, 11) is 1.55. The zero-order chi connectivity index (χ0) is 22.0. The monoisotopic (exact) mass is 443 g/mol. The van der Waals surface area contributed by atoms with E-state index in [2.05, 4.69) is 10.4 Å². The van der Waals surface area contributed by atoms with E-state index in [1.165, 1.54) is 16.0 Å². The van der Waals surface area contributed by atoms with E-state index in [9.17, 15) is 18.0 Å². The predicted molar refractivity (Wildman–Crippen MR) is 113 cm³/mol. The molecule has 4 rings (SSSR count). The summed E-state index contributed by atoms with van der Waals surface area (Å²) in [5.41, 5.74) is 0.729. The Morgan fingerprint density at radius 1 is 1.06 bits per heavy atom. The second-order valence-electron chi connectivity index (χ2n) is 6.53. The highest BCUT2D eigenvalue weighted by Crippen LogP contribution is 2.34. The Bertz CT molecular complexity index is 1180. The van der Waals surface area contributed by atoms with Gasteiger partial charge < -0.3 is 10.1 Å². The number of aromatic nitrogens is 2. The first-order valence-electron chi connectivity index (χ1n) is 9.12. The number of halogens is 3. The molecule has 2 aromatic heterocycles. The number of ether oxygens (including phenoxy) is 1. The van der Waals surface area contributed by atoms with Gasteiger partial charge in [-0.1, -0.05) is 6.07 Å². The number of benzene rings is 2. The number of anilines is 1. The van der Waals surface area contributed by atoms with E-state index in [1.807, 2.05) is 0 Å². The van der Waals surface area contributed by atoms with Gasteiger partial charge in [-0.25, -0.2) is 4.68 Å². The fourth-order valence-electron chi connectivity index (χ4n) is 2.95. The summed E-state index contributed by atoms with van der Waals surface area (Å²) in [6, 6.07) is 17.6. The van der Waals surface area contributed by atoms with Gasteiger partial charge in [0, 0.05) is 11.3 Å². The van der Waals surface area contributed by atoms with Crippen LogP contribution >= 0.6 is 11.3 Å². The van der Waals surface area contributed by atoms with Crippen molar-refractivity contribution in [2.45, 2.75) is 6.18 Å². The van der Waals surface area contributed by atoms with Crippen molar-refractivity contribution in [2.24, 2.45) is 0 Å². The highest BCUT2D eigenvalue weighted by Gasteiger charge is 2.35. The topological polar surface area (TPSA) is 56.1 Å². The van der Waals surface area contributed by atoms with Crippen LogP contribution in [0.5, 0.6) is 5.75 Å². The minimum atomic E-state index is -4.56. The average Bonchev–Trinajstić information content (AvgIpc) is 3.44. The molecule has 0 unspecified atom stereocenters. The van der Waals surface area contributed by atoms with Crippen LogP contribution < -0.4 is 10.1 Å². The molecular formula is C22H16F3N3O2S. The van der Waals surface area contributed by atoms with Gasteiger partial charge in [-0.2, -0.15) is 18.3 Å². The van der Waals surface area contributed by atoms with Gasteiger partial charge in [0.2, 0.25) is 0 Å². The minimum Gasteiger partial charge on any atom is -0.497 e. The van der Waals surface area contributed by atoms with Gasteiger partial charge in [0.1, 0.15) is 5.75 Å². The number of nitrogens with one attached hydrogen (secondary N) is 1. The van der Waals surface area contributed by atoms with Crippen LogP contribution in [0.2, 0.25) is 0 Å². The van der Waals surface area contributed by atoms with Gasteiger partial charge in [-0.15, -0.1) is 11.3 Å². The Labute approximate surface area is 179 Å². The van der Waals surface area contributed by atoms with Crippen LogP contribution in [0.1, 0.15) is 16.1 Å². The molecule has 5 nitrogen and oxygen atoms in total. The first-order valence-corrected chi connectivity index (χ1v) is 10.00. The zero-order valence-corrected chi connectivity index (χ0v) is 17.0. The maximum atomic E-state index is 13.2. The molecule has 0 fully saturated rings. The lowest BCUT2D eigenvalue weighted by molar-refractivity contribution is -0.141. The van der Waals surface area contributed by atoms with E-state index in [4.69, 9.17) is 4.74 Å². The minimum absolute atomic E-state index is 0.331. The Balaban J connectivity index is 1.60. The third kappa shape index (κ3) is 4.46. The first kappa shape index (κ1) is 20.7. The second-order valence-corrected chi connectivity index (χ2v) is 7.48. The molecule has 0 saturated heterocycles. The number of rotatable bonds is 5. The molecule has 0 bridgehead atoms.